The average Bonchev–Trinajstić information content (AvgIpc) is 3.23. The molecule has 3 heterocycles. The summed E-state index contributed by atoms with van der Waals surface area (Å²) >= 11 is 1.84. The molecule has 28 heavy (non-hydrogen) atoms. The van der Waals surface area contributed by atoms with Crippen molar-refractivity contribution in [2.24, 2.45) is 0 Å². The lowest BCUT2D eigenvalue weighted by Gasteiger charge is -2.37. The third-order valence-electron chi connectivity index (χ3n) is 5.92. The Labute approximate surface area is 170 Å². The Morgan fingerprint density at radius 3 is 2.29 bits per heavy atom. The summed E-state index contributed by atoms with van der Waals surface area (Å²) in [6.07, 6.45) is 0. The number of hydrogen-bond acceptors (Lipinski definition) is 4. The summed E-state index contributed by atoms with van der Waals surface area (Å²) in [5.41, 5.74) is 1.11. The Bertz CT molecular complexity index is 749. The van der Waals surface area contributed by atoms with E-state index in [1.165, 1.54) is 9.78 Å². The van der Waals surface area contributed by atoms with Crippen LogP contribution >= 0.6 is 11.3 Å². The number of benzene rings is 1. The molecule has 3 N–H and O–H groups in total. The molecule has 0 radical (unpaired) electrons. The van der Waals surface area contributed by atoms with Crippen molar-refractivity contribution >= 4 is 22.9 Å². The molecule has 2 aliphatic heterocycles. The van der Waals surface area contributed by atoms with Gasteiger partial charge in [-0.05, 0) is 35.7 Å². The highest BCUT2D eigenvalue weighted by Crippen LogP contribution is 2.19. The van der Waals surface area contributed by atoms with Gasteiger partial charge in [0.1, 0.15) is 38.5 Å². The predicted octanol–water partition coefficient (Wildman–Crippen LogP) is -0.914. The number of aromatic hydroxyl groups is 1. The number of carbonyl (C=O) groups excluding carboxylic acids is 1. The molecule has 6 nitrogen and oxygen atoms in total. The lowest BCUT2D eigenvalue weighted by Crippen LogP contribution is -3.28. The molecule has 1 amide bonds. The fourth-order valence-corrected chi connectivity index (χ4v) is 4.95. The Morgan fingerprint density at radius 1 is 0.964 bits per heavy atom. The number of quaternary nitrogens is 2. The fourth-order valence-electron chi connectivity index (χ4n) is 4.17. The van der Waals surface area contributed by atoms with Gasteiger partial charge in [0.25, 0.3) is 5.91 Å². The minimum Gasteiger partial charge on any atom is -0.508 e. The lowest BCUT2D eigenvalue weighted by atomic mass is 10.2. The average molecular weight is 403 g/mol. The molecule has 0 atom stereocenters. The fraction of sp³-hybridized carbons (Fsp3) is 0.476. The van der Waals surface area contributed by atoms with Gasteiger partial charge >= 0.3 is 0 Å². The van der Waals surface area contributed by atoms with E-state index in [9.17, 15) is 9.90 Å². The summed E-state index contributed by atoms with van der Waals surface area (Å²) in [6, 6.07) is 11.7. The van der Waals surface area contributed by atoms with Crippen LogP contribution < -0.4 is 14.7 Å². The van der Waals surface area contributed by atoms with E-state index in [-0.39, 0.29) is 5.75 Å². The number of nitrogens with one attached hydrogen (secondary N) is 2. The Kier molecular flexibility index (Phi) is 6.14. The minimum atomic E-state index is 0.290. The number of carbonyl (C=O) groups is 1. The van der Waals surface area contributed by atoms with Crippen LogP contribution in [0.15, 0.2) is 41.8 Å². The van der Waals surface area contributed by atoms with Gasteiger partial charge in [-0.15, -0.1) is 11.3 Å². The van der Waals surface area contributed by atoms with E-state index in [0.717, 1.165) is 64.6 Å². The number of piperazine rings is 2. The number of rotatable bonds is 5. The highest BCUT2D eigenvalue weighted by Gasteiger charge is 2.28. The minimum absolute atomic E-state index is 0.290. The standard InChI is InChI=1S/C21H28N4O2S/c26-19-5-3-18(4-6-19)24-11-13-25(14-12-24)21(27)17-23-9-7-22(8-10-23)16-20-2-1-15-28-20/h1-6,15,26H,7-14,16-17H2/p+2. The molecule has 4 rings (SSSR count). The molecule has 2 saturated heterocycles. The van der Waals surface area contributed by atoms with Crippen LogP contribution in [0.5, 0.6) is 5.75 Å². The van der Waals surface area contributed by atoms with Crippen LogP contribution in [0.3, 0.4) is 0 Å². The molecule has 2 fully saturated rings. The van der Waals surface area contributed by atoms with Crippen LogP contribution in [0.25, 0.3) is 0 Å². The summed E-state index contributed by atoms with van der Waals surface area (Å²) < 4.78 is 0. The first kappa shape index (κ1) is 19.2. The molecule has 0 unspecified atom stereocenters. The van der Waals surface area contributed by atoms with Crippen molar-refractivity contribution in [2.45, 2.75) is 6.54 Å². The zero-order chi connectivity index (χ0) is 19.3. The van der Waals surface area contributed by atoms with E-state index in [4.69, 9.17) is 0 Å². The quantitative estimate of drug-likeness (QED) is 0.607. The van der Waals surface area contributed by atoms with Gasteiger partial charge in [0, 0.05) is 31.9 Å². The van der Waals surface area contributed by atoms with E-state index in [1.54, 1.807) is 17.0 Å². The second-order valence-corrected chi connectivity index (χ2v) is 8.85. The first-order chi connectivity index (χ1) is 13.7. The molecule has 0 aliphatic carbocycles. The normalized spacial score (nSPS) is 23.0. The van der Waals surface area contributed by atoms with Crippen LogP contribution in [-0.2, 0) is 11.3 Å². The van der Waals surface area contributed by atoms with Crippen LogP contribution in [0, 0.1) is 0 Å². The number of phenolic OH excluding ortho intramolecular Hbond substituents is 1. The number of amides is 1. The molecule has 1 aromatic carbocycles. The van der Waals surface area contributed by atoms with Gasteiger partial charge in [-0.1, -0.05) is 6.07 Å². The Hall–Kier alpha value is -2.09. The van der Waals surface area contributed by atoms with Crippen LogP contribution in [0.4, 0.5) is 5.69 Å². The number of hydrogen-bond donors (Lipinski definition) is 3. The molecule has 0 spiro atoms. The first-order valence-corrected chi connectivity index (χ1v) is 11.1. The van der Waals surface area contributed by atoms with Crippen molar-refractivity contribution in [1.82, 2.24) is 4.90 Å². The molecule has 0 saturated carbocycles. The van der Waals surface area contributed by atoms with E-state index in [2.05, 4.69) is 22.4 Å². The first-order valence-electron chi connectivity index (χ1n) is 10.2. The maximum Gasteiger partial charge on any atom is 0.277 e. The van der Waals surface area contributed by atoms with Crippen LogP contribution in [-0.4, -0.2) is 74.8 Å². The zero-order valence-electron chi connectivity index (χ0n) is 16.3. The SMILES string of the molecule is O=C(C[NH+]1CC[NH+](Cc2cccs2)CC1)N1CCN(c2ccc(O)cc2)CC1. The van der Waals surface area contributed by atoms with Crippen molar-refractivity contribution in [3.05, 3.63) is 46.7 Å². The smallest absolute Gasteiger partial charge is 0.277 e. The van der Waals surface area contributed by atoms with Gasteiger partial charge in [-0.3, -0.25) is 4.79 Å². The topological polar surface area (TPSA) is 52.7 Å². The third-order valence-corrected chi connectivity index (χ3v) is 6.79. The van der Waals surface area contributed by atoms with Crippen LogP contribution in [0.1, 0.15) is 4.88 Å². The zero-order valence-corrected chi connectivity index (χ0v) is 17.1. The van der Waals surface area contributed by atoms with Gasteiger partial charge in [0.05, 0.1) is 4.88 Å². The van der Waals surface area contributed by atoms with Crippen molar-refractivity contribution in [3.63, 3.8) is 0 Å². The molecular weight excluding hydrogens is 372 g/mol. The summed E-state index contributed by atoms with van der Waals surface area (Å²) in [5.74, 6) is 0.583. The Morgan fingerprint density at radius 2 is 1.64 bits per heavy atom. The van der Waals surface area contributed by atoms with Gasteiger partial charge < -0.3 is 24.7 Å². The van der Waals surface area contributed by atoms with Crippen molar-refractivity contribution in [2.75, 3.05) is 63.8 Å². The van der Waals surface area contributed by atoms with Gasteiger partial charge in [0.2, 0.25) is 0 Å². The van der Waals surface area contributed by atoms with Crippen LogP contribution in [0.2, 0.25) is 0 Å². The van der Waals surface area contributed by atoms with E-state index in [0.29, 0.717) is 12.5 Å². The highest BCUT2D eigenvalue weighted by molar-refractivity contribution is 7.09. The number of anilines is 1. The molecule has 1 aromatic heterocycles. The molecule has 0 bridgehead atoms. The summed E-state index contributed by atoms with van der Waals surface area (Å²) in [7, 11) is 0. The van der Waals surface area contributed by atoms with Gasteiger partial charge in [-0.2, -0.15) is 0 Å². The largest absolute Gasteiger partial charge is 0.508 e. The second-order valence-electron chi connectivity index (χ2n) is 7.82. The second kappa shape index (κ2) is 8.94. The lowest BCUT2D eigenvalue weighted by molar-refractivity contribution is -1.02. The van der Waals surface area contributed by atoms with E-state index < -0.39 is 0 Å². The monoisotopic (exact) mass is 402 g/mol. The maximum absolute atomic E-state index is 12.7. The van der Waals surface area contributed by atoms with Crippen molar-refractivity contribution in [1.29, 1.82) is 0 Å². The molecule has 150 valence electrons. The number of phenols is 1. The van der Waals surface area contributed by atoms with Crippen molar-refractivity contribution < 1.29 is 19.7 Å². The molecule has 2 aliphatic rings. The van der Waals surface area contributed by atoms with Crippen molar-refractivity contribution in [3.8, 4) is 5.75 Å². The van der Waals surface area contributed by atoms with E-state index in [1.807, 2.05) is 28.4 Å². The maximum atomic E-state index is 12.7. The summed E-state index contributed by atoms with van der Waals surface area (Å²) in [4.78, 5) is 21.6. The number of nitrogens with zero attached hydrogens (tertiary/aromatic N) is 2. The highest BCUT2D eigenvalue weighted by atomic mass is 32.1. The summed E-state index contributed by atoms with van der Waals surface area (Å²) in [5, 5.41) is 11.6. The Balaban J connectivity index is 1.19. The molecular formula is C21H30N4O2S+2. The van der Waals surface area contributed by atoms with E-state index >= 15 is 0 Å². The third kappa shape index (κ3) is 4.84. The summed E-state index contributed by atoms with van der Waals surface area (Å²) in [6.45, 7) is 9.48. The van der Waals surface area contributed by atoms with Gasteiger partial charge in [-0.25, -0.2) is 0 Å². The van der Waals surface area contributed by atoms with Gasteiger partial charge in [0.15, 0.2) is 6.54 Å². The predicted molar refractivity (Wildman–Crippen MR) is 111 cm³/mol. The molecule has 2 aromatic rings. The molecule has 7 heteroatoms. The number of thiophene rings is 1.